The molecule has 4 rings (SSSR count). The highest BCUT2D eigenvalue weighted by atomic mass is 32.2. The Labute approximate surface area is 137 Å². The number of hydrogen-bond acceptors (Lipinski definition) is 6. The summed E-state index contributed by atoms with van der Waals surface area (Å²) in [6.07, 6.45) is 7.12. The number of thioether (sulfide) groups is 1. The third kappa shape index (κ3) is 2.43. The third-order valence-corrected chi connectivity index (χ3v) is 5.43. The van der Waals surface area contributed by atoms with E-state index in [1.165, 1.54) is 17.0 Å². The van der Waals surface area contributed by atoms with Crippen LogP contribution in [0.2, 0.25) is 0 Å². The molecule has 0 radical (unpaired) electrons. The van der Waals surface area contributed by atoms with Crippen molar-refractivity contribution in [2.24, 2.45) is 0 Å². The van der Waals surface area contributed by atoms with E-state index in [1.807, 2.05) is 12.5 Å². The van der Waals surface area contributed by atoms with Gasteiger partial charge < -0.3 is 0 Å². The van der Waals surface area contributed by atoms with E-state index >= 15 is 0 Å². The van der Waals surface area contributed by atoms with Crippen LogP contribution in [0, 0.1) is 6.92 Å². The highest BCUT2D eigenvalue weighted by molar-refractivity contribution is 7.98. The topological polar surface area (TPSA) is 46.3 Å². The van der Waals surface area contributed by atoms with E-state index in [2.05, 4.69) is 42.8 Å². The lowest BCUT2D eigenvalue weighted by Crippen LogP contribution is -2.31. The molecule has 0 spiro atoms. The highest BCUT2D eigenvalue weighted by Crippen LogP contribution is 2.23. The number of imidazole rings is 1. The Balaban J connectivity index is 1.57. The second-order valence-electron chi connectivity index (χ2n) is 5.49. The van der Waals surface area contributed by atoms with Crippen molar-refractivity contribution in [2.45, 2.75) is 31.6 Å². The summed E-state index contributed by atoms with van der Waals surface area (Å²) < 4.78 is 2.21. The number of rotatable bonds is 3. The zero-order valence-electron chi connectivity index (χ0n) is 12.6. The molecule has 0 saturated heterocycles. The number of nitrogens with zero attached hydrogens (tertiary/aromatic N) is 5. The average Bonchev–Trinajstić information content (AvgIpc) is 3.09. The molecule has 0 N–H and O–H groups in total. The Hall–Kier alpha value is -1.44. The van der Waals surface area contributed by atoms with Gasteiger partial charge in [-0.05, 0) is 13.2 Å². The van der Waals surface area contributed by atoms with E-state index < -0.39 is 0 Å². The molecule has 0 unspecified atom stereocenters. The molecular weight excluding hydrogens is 314 g/mol. The first-order valence-electron chi connectivity index (χ1n) is 7.27. The van der Waals surface area contributed by atoms with E-state index in [-0.39, 0.29) is 0 Å². The van der Waals surface area contributed by atoms with Crippen LogP contribution in [0.1, 0.15) is 22.6 Å². The van der Waals surface area contributed by atoms with Crippen LogP contribution in [0.5, 0.6) is 0 Å². The SMILES string of the molecule is CSc1ncc2c(n1)CCN(Cc1c(C)nc3sccn13)C2. The average molecular weight is 331 g/mol. The quantitative estimate of drug-likeness (QED) is 0.545. The fraction of sp³-hybridized carbons (Fsp3) is 0.400. The van der Waals surface area contributed by atoms with Crippen molar-refractivity contribution in [1.29, 1.82) is 0 Å². The van der Waals surface area contributed by atoms with Gasteiger partial charge in [0.1, 0.15) is 0 Å². The van der Waals surface area contributed by atoms with E-state index in [1.54, 1.807) is 23.1 Å². The van der Waals surface area contributed by atoms with Crippen LogP contribution in [0.15, 0.2) is 22.9 Å². The van der Waals surface area contributed by atoms with Crippen molar-refractivity contribution in [3.05, 3.63) is 40.4 Å². The molecule has 3 aromatic rings. The van der Waals surface area contributed by atoms with E-state index in [0.29, 0.717) is 0 Å². The van der Waals surface area contributed by atoms with Crippen molar-refractivity contribution in [3.8, 4) is 0 Å². The predicted octanol–water partition coefficient (Wildman–Crippen LogP) is 2.77. The Bertz CT molecular complexity index is 823. The first-order valence-corrected chi connectivity index (χ1v) is 9.37. The number of aryl methyl sites for hydroxylation is 1. The van der Waals surface area contributed by atoms with Gasteiger partial charge in [0.05, 0.1) is 17.1 Å². The second-order valence-corrected chi connectivity index (χ2v) is 7.14. The molecule has 1 aliphatic rings. The first kappa shape index (κ1) is 14.2. The van der Waals surface area contributed by atoms with Gasteiger partial charge in [-0.15, -0.1) is 11.3 Å². The Morgan fingerprint density at radius 1 is 1.36 bits per heavy atom. The summed E-state index contributed by atoms with van der Waals surface area (Å²) in [7, 11) is 0. The first-order chi connectivity index (χ1) is 10.7. The van der Waals surface area contributed by atoms with Gasteiger partial charge in [0, 0.05) is 49.4 Å². The van der Waals surface area contributed by atoms with Crippen molar-refractivity contribution >= 4 is 28.1 Å². The van der Waals surface area contributed by atoms with Crippen LogP contribution >= 0.6 is 23.1 Å². The molecule has 0 saturated carbocycles. The minimum absolute atomic E-state index is 0.874. The predicted molar refractivity (Wildman–Crippen MR) is 89.4 cm³/mol. The van der Waals surface area contributed by atoms with Gasteiger partial charge in [-0.25, -0.2) is 15.0 Å². The molecule has 0 bridgehead atoms. The largest absolute Gasteiger partial charge is 0.293 e. The Kier molecular flexibility index (Phi) is 3.63. The van der Waals surface area contributed by atoms with E-state index in [0.717, 1.165) is 41.9 Å². The van der Waals surface area contributed by atoms with Gasteiger partial charge in [0.15, 0.2) is 10.1 Å². The lowest BCUT2D eigenvalue weighted by atomic mass is 10.1. The van der Waals surface area contributed by atoms with Crippen molar-refractivity contribution in [1.82, 2.24) is 24.3 Å². The minimum Gasteiger partial charge on any atom is -0.293 e. The van der Waals surface area contributed by atoms with Crippen LogP contribution in [-0.4, -0.2) is 37.1 Å². The molecule has 3 aromatic heterocycles. The van der Waals surface area contributed by atoms with E-state index in [4.69, 9.17) is 0 Å². The molecule has 0 atom stereocenters. The highest BCUT2D eigenvalue weighted by Gasteiger charge is 2.20. The number of fused-ring (bicyclic) bond motifs is 2. The van der Waals surface area contributed by atoms with Crippen LogP contribution in [-0.2, 0) is 19.5 Å². The smallest absolute Gasteiger partial charge is 0.194 e. The summed E-state index contributed by atoms with van der Waals surface area (Å²) >= 11 is 3.29. The minimum atomic E-state index is 0.874. The number of aromatic nitrogens is 4. The standard InChI is InChI=1S/C15H17N5S2/c1-10-13(20-5-6-22-15(20)17-10)9-19-4-3-12-11(8-19)7-16-14(18-12)21-2/h5-7H,3-4,8-9H2,1-2H3. The maximum atomic E-state index is 4.63. The summed E-state index contributed by atoms with van der Waals surface area (Å²) in [4.78, 5) is 17.2. The second kappa shape index (κ2) is 5.64. The Morgan fingerprint density at radius 2 is 2.27 bits per heavy atom. The zero-order chi connectivity index (χ0) is 15.1. The molecule has 0 aliphatic carbocycles. The van der Waals surface area contributed by atoms with Gasteiger partial charge in [-0.1, -0.05) is 11.8 Å². The zero-order valence-corrected chi connectivity index (χ0v) is 14.2. The summed E-state index contributed by atoms with van der Waals surface area (Å²) in [6.45, 7) is 4.98. The van der Waals surface area contributed by atoms with Crippen molar-refractivity contribution in [3.63, 3.8) is 0 Å². The fourth-order valence-corrected chi connectivity index (χ4v) is 4.07. The van der Waals surface area contributed by atoms with Crippen molar-refractivity contribution in [2.75, 3.05) is 12.8 Å². The molecule has 1 aliphatic heterocycles. The summed E-state index contributed by atoms with van der Waals surface area (Å²) in [5.41, 5.74) is 4.89. The summed E-state index contributed by atoms with van der Waals surface area (Å²) in [5, 5.41) is 2.97. The Morgan fingerprint density at radius 3 is 3.14 bits per heavy atom. The fourth-order valence-electron chi connectivity index (χ4n) is 2.93. The van der Waals surface area contributed by atoms with Gasteiger partial charge >= 0.3 is 0 Å². The van der Waals surface area contributed by atoms with E-state index in [9.17, 15) is 0 Å². The maximum Gasteiger partial charge on any atom is 0.194 e. The molecule has 4 heterocycles. The molecular formula is C15H17N5S2. The van der Waals surface area contributed by atoms with Gasteiger partial charge in [-0.2, -0.15) is 0 Å². The molecule has 114 valence electrons. The van der Waals surface area contributed by atoms with Crippen molar-refractivity contribution < 1.29 is 0 Å². The monoisotopic (exact) mass is 331 g/mol. The van der Waals surface area contributed by atoms with Crippen LogP contribution < -0.4 is 0 Å². The molecule has 0 amide bonds. The third-order valence-electron chi connectivity index (χ3n) is 4.11. The van der Waals surface area contributed by atoms with Crippen LogP contribution in [0.4, 0.5) is 0 Å². The van der Waals surface area contributed by atoms with Gasteiger partial charge in [-0.3, -0.25) is 9.30 Å². The number of hydrogen-bond donors (Lipinski definition) is 0. The summed E-state index contributed by atoms with van der Waals surface area (Å²) in [5.74, 6) is 0. The maximum absolute atomic E-state index is 4.63. The molecule has 22 heavy (non-hydrogen) atoms. The molecule has 0 aromatic carbocycles. The van der Waals surface area contributed by atoms with Gasteiger partial charge in [0.2, 0.25) is 0 Å². The van der Waals surface area contributed by atoms with Crippen LogP contribution in [0.3, 0.4) is 0 Å². The summed E-state index contributed by atoms with van der Waals surface area (Å²) in [6, 6.07) is 0. The lowest BCUT2D eigenvalue weighted by Gasteiger charge is -2.27. The molecule has 7 heteroatoms. The van der Waals surface area contributed by atoms with Gasteiger partial charge in [0.25, 0.3) is 0 Å². The molecule has 5 nitrogen and oxygen atoms in total. The molecule has 0 fully saturated rings. The normalized spacial score (nSPS) is 15.4. The number of thiazole rings is 1. The van der Waals surface area contributed by atoms with Crippen LogP contribution in [0.25, 0.3) is 4.96 Å². The lowest BCUT2D eigenvalue weighted by molar-refractivity contribution is 0.238.